The second kappa shape index (κ2) is 5.63. The molecule has 2 nitrogen and oxygen atoms in total. The quantitative estimate of drug-likeness (QED) is 0.850. The first-order valence-corrected chi connectivity index (χ1v) is 7.21. The molecular formula is C17H17NOS. The monoisotopic (exact) mass is 283 g/mol. The van der Waals surface area contributed by atoms with Crippen LogP contribution in [0.25, 0.3) is 0 Å². The topological polar surface area (TPSA) is 21.3 Å². The first-order valence-electron chi connectivity index (χ1n) is 6.80. The van der Waals surface area contributed by atoms with E-state index in [9.17, 15) is 0 Å². The van der Waals surface area contributed by atoms with Crippen molar-refractivity contribution in [2.24, 2.45) is 0 Å². The maximum atomic E-state index is 5.55. The zero-order chi connectivity index (χ0) is 13.9. The van der Waals surface area contributed by atoms with Gasteiger partial charge in [0.2, 0.25) is 0 Å². The van der Waals surface area contributed by atoms with Crippen molar-refractivity contribution in [3.05, 3.63) is 65.2 Å². The lowest BCUT2D eigenvalue weighted by molar-refractivity contribution is 0.414. The SMILES string of the molecule is COc1ccc2c(c1)CC[C@@H](c1ccccc1)NC2=S. The van der Waals surface area contributed by atoms with Gasteiger partial charge in [-0.2, -0.15) is 0 Å². The molecule has 0 amide bonds. The lowest BCUT2D eigenvalue weighted by Gasteiger charge is -2.17. The van der Waals surface area contributed by atoms with Crippen LogP contribution >= 0.6 is 12.2 Å². The molecule has 102 valence electrons. The van der Waals surface area contributed by atoms with Gasteiger partial charge in [-0.05, 0) is 42.2 Å². The van der Waals surface area contributed by atoms with Crippen LogP contribution in [0.3, 0.4) is 0 Å². The normalized spacial score (nSPS) is 17.9. The average Bonchev–Trinajstić information content (AvgIpc) is 2.67. The highest BCUT2D eigenvalue weighted by Gasteiger charge is 2.20. The highest BCUT2D eigenvalue weighted by molar-refractivity contribution is 7.80. The van der Waals surface area contributed by atoms with Crippen LogP contribution < -0.4 is 10.1 Å². The second-order valence-electron chi connectivity index (χ2n) is 5.00. The summed E-state index contributed by atoms with van der Waals surface area (Å²) in [6.07, 6.45) is 2.03. The van der Waals surface area contributed by atoms with Crippen molar-refractivity contribution in [2.45, 2.75) is 18.9 Å². The van der Waals surface area contributed by atoms with E-state index in [-0.39, 0.29) is 6.04 Å². The zero-order valence-corrected chi connectivity index (χ0v) is 12.2. The number of fused-ring (bicyclic) bond motifs is 1. The Labute approximate surface area is 124 Å². The van der Waals surface area contributed by atoms with E-state index in [2.05, 4.69) is 41.7 Å². The number of methoxy groups -OCH3 is 1. The fourth-order valence-electron chi connectivity index (χ4n) is 2.67. The molecule has 20 heavy (non-hydrogen) atoms. The molecule has 0 saturated heterocycles. The second-order valence-corrected chi connectivity index (χ2v) is 5.41. The van der Waals surface area contributed by atoms with E-state index >= 15 is 0 Å². The molecule has 0 fully saturated rings. The fraction of sp³-hybridized carbons (Fsp3) is 0.235. The Hall–Kier alpha value is -1.87. The molecule has 3 rings (SSSR count). The highest BCUT2D eigenvalue weighted by Crippen LogP contribution is 2.27. The van der Waals surface area contributed by atoms with Crippen molar-refractivity contribution < 1.29 is 4.74 Å². The third kappa shape index (κ3) is 2.54. The molecular weight excluding hydrogens is 266 g/mol. The lowest BCUT2D eigenvalue weighted by Crippen LogP contribution is -2.26. The van der Waals surface area contributed by atoms with Gasteiger partial charge in [0.15, 0.2) is 0 Å². The third-order valence-electron chi connectivity index (χ3n) is 3.77. The molecule has 1 aliphatic rings. The molecule has 2 aromatic rings. The number of rotatable bonds is 2. The van der Waals surface area contributed by atoms with Crippen LogP contribution in [0, 0.1) is 0 Å². The van der Waals surface area contributed by atoms with Crippen LogP contribution in [0.5, 0.6) is 5.75 Å². The fourth-order valence-corrected chi connectivity index (χ4v) is 3.01. The van der Waals surface area contributed by atoms with Gasteiger partial charge in [-0.25, -0.2) is 0 Å². The Bertz CT molecular complexity index is 624. The van der Waals surface area contributed by atoms with E-state index < -0.39 is 0 Å². The zero-order valence-electron chi connectivity index (χ0n) is 11.4. The predicted octanol–water partition coefficient (Wildman–Crippen LogP) is 3.65. The minimum absolute atomic E-state index is 0.280. The number of hydrogen-bond acceptors (Lipinski definition) is 2. The molecule has 1 N–H and O–H groups in total. The minimum Gasteiger partial charge on any atom is -0.497 e. The molecule has 0 unspecified atom stereocenters. The summed E-state index contributed by atoms with van der Waals surface area (Å²) in [5.74, 6) is 0.893. The number of benzene rings is 2. The molecule has 1 heterocycles. The van der Waals surface area contributed by atoms with Crippen molar-refractivity contribution in [3.63, 3.8) is 0 Å². The number of thiocarbonyl (C=S) groups is 1. The van der Waals surface area contributed by atoms with Crippen molar-refractivity contribution in [2.75, 3.05) is 7.11 Å². The van der Waals surface area contributed by atoms with Gasteiger partial charge in [-0.3, -0.25) is 0 Å². The first kappa shape index (κ1) is 13.1. The number of hydrogen-bond donors (Lipinski definition) is 1. The summed E-state index contributed by atoms with van der Waals surface area (Å²) in [4.78, 5) is 0.828. The number of aryl methyl sites for hydroxylation is 1. The Balaban J connectivity index is 1.90. The standard InChI is InChI=1S/C17H17NOS/c1-19-14-8-9-15-13(11-14)7-10-16(18-17(15)20)12-5-3-2-4-6-12/h2-6,8-9,11,16H,7,10H2,1H3,(H,18,20)/t16-/m0/s1. The van der Waals surface area contributed by atoms with Crippen LogP contribution in [-0.4, -0.2) is 12.1 Å². The maximum absolute atomic E-state index is 5.55. The van der Waals surface area contributed by atoms with Gasteiger partial charge in [-0.15, -0.1) is 0 Å². The number of ether oxygens (including phenoxy) is 1. The molecule has 0 aliphatic carbocycles. The molecule has 1 aliphatic heterocycles. The first-order chi connectivity index (χ1) is 9.78. The van der Waals surface area contributed by atoms with Gasteiger partial charge in [0, 0.05) is 5.56 Å². The summed E-state index contributed by atoms with van der Waals surface area (Å²) in [5.41, 5.74) is 3.68. The van der Waals surface area contributed by atoms with Crippen LogP contribution in [0.2, 0.25) is 0 Å². The molecule has 0 spiro atoms. The Morgan fingerprint density at radius 3 is 2.70 bits per heavy atom. The van der Waals surface area contributed by atoms with E-state index in [1.54, 1.807) is 7.11 Å². The summed E-state index contributed by atoms with van der Waals surface area (Å²) in [5, 5.41) is 3.48. The molecule has 0 saturated carbocycles. The van der Waals surface area contributed by atoms with Crippen molar-refractivity contribution >= 4 is 17.2 Å². The largest absolute Gasteiger partial charge is 0.497 e. The number of nitrogens with one attached hydrogen (secondary N) is 1. The summed E-state index contributed by atoms with van der Waals surface area (Å²) < 4.78 is 5.30. The van der Waals surface area contributed by atoms with Gasteiger partial charge in [-0.1, -0.05) is 42.5 Å². The smallest absolute Gasteiger partial charge is 0.119 e. The summed E-state index contributed by atoms with van der Waals surface area (Å²) in [7, 11) is 1.70. The van der Waals surface area contributed by atoms with Gasteiger partial charge in [0.25, 0.3) is 0 Å². The average molecular weight is 283 g/mol. The summed E-state index contributed by atoms with van der Waals surface area (Å²) >= 11 is 5.55. The van der Waals surface area contributed by atoms with Crippen LogP contribution in [0.15, 0.2) is 48.5 Å². The summed E-state index contributed by atoms with van der Waals surface area (Å²) in [6, 6.07) is 16.9. The summed E-state index contributed by atoms with van der Waals surface area (Å²) in [6.45, 7) is 0. The van der Waals surface area contributed by atoms with Gasteiger partial charge >= 0.3 is 0 Å². The predicted molar refractivity (Wildman–Crippen MR) is 85.3 cm³/mol. The van der Waals surface area contributed by atoms with Gasteiger partial charge < -0.3 is 10.1 Å². The molecule has 0 radical (unpaired) electrons. The van der Waals surface area contributed by atoms with Crippen molar-refractivity contribution in [1.29, 1.82) is 0 Å². The van der Waals surface area contributed by atoms with Crippen LogP contribution in [0.1, 0.15) is 29.2 Å². The van der Waals surface area contributed by atoms with Crippen LogP contribution in [0.4, 0.5) is 0 Å². The lowest BCUT2D eigenvalue weighted by atomic mass is 9.99. The van der Waals surface area contributed by atoms with Gasteiger partial charge in [0.05, 0.1) is 13.2 Å². The van der Waals surface area contributed by atoms with E-state index in [0.717, 1.165) is 29.1 Å². The van der Waals surface area contributed by atoms with Gasteiger partial charge in [0.1, 0.15) is 10.7 Å². The van der Waals surface area contributed by atoms with E-state index in [0.29, 0.717) is 0 Å². The van der Waals surface area contributed by atoms with E-state index in [1.807, 2.05) is 12.1 Å². The van der Waals surface area contributed by atoms with E-state index in [4.69, 9.17) is 17.0 Å². The minimum atomic E-state index is 0.280. The van der Waals surface area contributed by atoms with Crippen molar-refractivity contribution in [1.82, 2.24) is 5.32 Å². The molecule has 1 atom stereocenters. The van der Waals surface area contributed by atoms with Crippen LogP contribution in [-0.2, 0) is 6.42 Å². The molecule has 0 bridgehead atoms. The highest BCUT2D eigenvalue weighted by atomic mass is 32.1. The Morgan fingerprint density at radius 2 is 1.95 bits per heavy atom. The maximum Gasteiger partial charge on any atom is 0.119 e. The molecule has 3 heteroatoms. The third-order valence-corrected chi connectivity index (χ3v) is 4.10. The van der Waals surface area contributed by atoms with Crippen molar-refractivity contribution in [3.8, 4) is 5.75 Å². The Morgan fingerprint density at radius 1 is 1.15 bits per heavy atom. The Kier molecular flexibility index (Phi) is 3.70. The molecule has 2 aromatic carbocycles. The van der Waals surface area contributed by atoms with E-state index in [1.165, 1.54) is 11.1 Å². The molecule has 0 aromatic heterocycles.